The van der Waals surface area contributed by atoms with Crippen LogP contribution in [0.5, 0.6) is 0 Å². The first-order valence-corrected chi connectivity index (χ1v) is 9.22. The number of amides is 1. The quantitative estimate of drug-likeness (QED) is 0.538. The Bertz CT molecular complexity index is 736. The van der Waals surface area contributed by atoms with E-state index in [2.05, 4.69) is 0 Å². The van der Waals surface area contributed by atoms with Crippen molar-refractivity contribution >= 4 is 23.6 Å². The minimum atomic E-state index is -0.903. The van der Waals surface area contributed by atoms with Crippen LogP contribution in [0.25, 0.3) is 0 Å². The fourth-order valence-corrected chi connectivity index (χ4v) is 3.18. The summed E-state index contributed by atoms with van der Waals surface area (Å²) < 4.78 is 5.63. The third-order valence-electron chi connectivity index (χ3n) is 3.80. The number of carbonyl (C=O) groups is 2. The molecule has 0 fully saturated rings. The van der Waals surface area contributed by atoms with Crippen LogP contribution in [0.15, 0.2) is 59.5 Å². The highest BCUT2D eigenvalue weighted by Gasteiger charge is 2.19. The molecule has 0 saturated carbocycles. The van der Waals surface area contributed by atoms with Crippen LogP contribution in [0.1, 0.15) is 22.8 Å². The Kier molecular flexibility index (Phi) is 7.69. The van der Waals surface area contributed by atoms with Crippen LogP contribution >= 0.6 is 11.8 Å². The molecule has 0 bridgehead atoms. The molecule has 0 heterocycles. The van der Waals surface area contributed by atoms with Crippen LogP contribution in [0.2, 0.25) is 0 Å². The van der Waals surface area contributed by atoms with Crippen molar-refractivity contribution in [1.29, 1.82) is 0 Å². The molecule has 0 aliphatic heterocycles. The lowest BCUT2D eigenvalue weighted by atomic mass is 10.2. The molecule has 0 spiro atoms. The number of carboxylic acid groups (broad SMARTS) is 1. The van der Waals surface area contributed by atoms with Crippen LogP contribution < -0.4 is 0 Å². The van der Waals surface area contributed by atoms with Gasteiger partial charge in [-0.25, -0.2) is 0 Å². The maximum Gasteiger partial charge on any atom is 0.316 e. The third kappa shape index (κ3) is 5.89. The molecule has 1 amide bonds. The zero-order chi connectivity index (χ0) is 18.9. The zero-order valence-electron chi connectivity index (χ0n) is 14.9. The molecule has 2 rings (SSSR count). The van der Waals surface area contributed by atoms with Gasteiger partial charge in [-0.2, -0.15) is 0 Å². The van der Waals surface area contributed by atoms with Gasteiger partial charge in [-0.3, -0.25) is 9.59 Å². The van der Waals surface area contributed by atoms with Gasteiger partial charge in [0.05, 0.1) is 18.8 Å². The Morgan fingerprint density at radius 1 is 1.12 bits per heavy atom. The molecule has 6 heteroatoms. The fourth-order valence-electron chi connectivity index (χ4n) is 2.26. The van der Waals surface area contributed by atoms with Gasteiger partial charge < -0.3 is 14.7 Å². The van der Waals surface area contributed by atoms with Crippen molar-refractivity contribution in [1.82, 2.24) is 4.90 Å². The van der Waals surface area contributed by atoms with Gasteiger partial charge in [-0.05, 0) is 24.6 Å². The van der Waals surface area contributed by atoms with Crippen LogP contribution in [-0.4, -0.2) is 47.3 Å². The van der Waals surface area contributed by atoms with Crippen LogP contribution in [0.4, 0.5) is 0 Å². The molecule has 0 aliphatic carbocycles. The monoisotopic (exact) mass is 373 g/mol. The van der Waals surface area contributed by atoms with Crippen molar-refractivity contribution in [2.45, 2.75) is 23.7 Å². The number of rotatable bonds is 9. The van der Waals surface area contributed by atoms with Crippen LogP contribution in [0.3, 0.4) is 0 Å². The average molecular weight is 373 g/mol. The predicted octanol–water partition coefficient (Wildman–Crippen LogP) is 3.54. The largest absolute Gasteiger partial charge is 0.480 e. The van der Waals surface area contributed by atoms with Crippen molar-refractivity contribution in [2.75, 3.05) is 20.2 Å². The summed E-state index contributed by atoms with van der Waals surface area (Å²) in [5.74, 6) is -1.05. The molecular formula is C20H23NO4S. The van der Waals surface area contributed by atoms with Crippen molar-refractivity contribution in [3.05, 3.63) is 65.7 Å². The Morgan fingerprint density at radius 3 is 2.46 bits per heavy atom. The van der Waals surface area contributed by atoms with Gasteiger partial charge >= 0.3 is 5.97 Å². The first-order chi connectivity index (χ1) is 12.5. The van der Waals surface area contributed by atoms with Crippen molar-refractivity contribution in [3.8, 4) is 0 Å². The molecule has 0 aromatic heterocycles. The Balaban J connectivity index is 1.90. The van der Waals surface area contributed by atoms with E-state index in [1.165, 1.54) is 11.8 Å². The number of likely N-dealkylation sites (N-methyl/N-ethyl adjacent to an activating group) is 1. The maximum atomic E-state index is 12.7. The van der Waals surface area contributed by atoms with Crippen molar-refractivity contribution in [2.24, 2.45) is 0 Å². The second kappa shape index (κ2) is 9.99. The number of thioether (sulfide) groups is 1. The lowest BCUT2D eigenvalue weighted by molar-refractivity contribution is -0.136. The second-order valence-corrected chi connectivity index (χ2v) is 7.24. The molecule has 138 valence electrons. The van der Waals surface area contributed by atoms with E-state index in [9.17, 15) is 9.59 Å². The number of benzene rings is 2. The normalized spacial score (nSPS) is 11.8. The van der Waals surface area contributed by atoms with E-state index in [-0.39, 0.29) is 5.91 Å². The number of carbonyl (C=O) groups excluding carboxylic acids is 1. The number of carboxylic acids is 1. The topological polar surface area (TPSA) is 66.8 Å². The van der Waals surface area contributed by atoms with Crippen molar-refractivity contribution < 1.29 is 19.4 Å². The van der Waals surface area contributed by atoms with Crippen LogP contribution in [0, 0.1) is 0 Å². The molecule has 0 aliphatic rings. The zero-order valence-corrected chi connectivity index (χ0v) is 15.7. The van der Waals surface area contributed by atoms with E-state index in [0.29, 0.717) is 30.2 Å². The van der Waals surface area contributed by atoms with Gasteiger partial charge in [-0.15, -0.1) is 11.8 Å². The van der Waals surface area contributed by atoms with Crippen molar-refractivity contribution in [3.63, 3.8) is 0 Å². The molecule has 0 radical (unpaired) electrons. The summed E-state index contributed by atoms with van der Waals surface area (Å²) in [6, 6.07) is 16.9. The summed E-state index contributed by atoms with van der Waals surface area (Å²) in [6.45, 7) is 3.00. The predicted molar refractivity (Wildman–Crippen MR) is 102 cm³/mol. The maximum absolute atomic E-state index is 12.7. The lowest BCUT2D eigenvalue weighted by Gasteiger charge is -2.19. The molecule has 1 unspecified atom stereocenters. The highest BCUT2D eigenvalue weighted by Crippen LogP contribution is 2.27. The summed E-state index contributed by atoms with van der Waals surface area (Å²) in [5, 5.41) is 8.46. The first kappa shape index (κ1) is 20.0. The summed E-state index contributed by atoms with van der Waals surface area (Å²) in [6.07, 6.45) is 0. The van der Waals surface area contributed by atoms with E-state index in [1.54, 1.807) is 43.1 Å². The van der Waals surface area contributed by atoms with Gasteiger partial charge in [0.25, 0.3) is 5.91 Å². The van der Waals surface area contributed by atoms with E-state index in [1.807, 2.05) is 30.3 Å². The smallest absolute Gasteiger partial charge is 0.316 e. The third-order valence-corrected chi connectivity index (χ3v) is 4.96. The molecule has 26 heavy (non-hydrogen) atoms. The number of ether oxygens (including phenoxy) is 1. The van der Waals surface area contributed by atoms with E-state index >= 15 is 0 Å². The lowest BCUT2D eigenvalue weighted by Crippen LogP contribution is -2.30. The van der Waals surface area contributed by atoms with E-state index < -0.39 is 11.2 Å². The highest BCUT2D eigenvalue weighted by atomic mass is 32.2. The van der Waals surface area contributed by atoms with Gasteiger partial charge in [0.1, 0.15) is 5.25 Å². The molecule has 2 aromatic carbocycles. The molecule has 2 aromatic rings. The van der Waals surface area contributed by atoms with E-state index in [0.717, 1.165) is 5.56 Å². The molecular weight excluding hydrogens is 350 g/mol. The van der Waals surface area contributed by atoms with Crippen LogP contribution in [-0.2, 0) is 16.1 Å². The summed E-state index contributed by atoms with van der Waals surface area (Å²) in [4.78, 5) is 26.0. The van der Waals surface area contributed by atoms with E-state index in [4.69, 9.17) is 9.84 Å². The molecule has 0 saturated heterocycles. The second-order valence-electron chi connectivity index (χ2n) is 5.86. The minimum Gasteiger partial charge on any atom is -0.480 e. The number of hydrogen-bond acceptors (Lipinski definition) is 4. The Hall–Kier alpha value is -2.31. The standard InChI is InChI=1S/C20H23NO4S/c1-15(20(23)24)26-18-11-7-6-10-17(18)19(22)21(2)12-13-25-14-16-8-4-3-5-9-16/h3-11,15H,12-14H2,1-2H3,(H,23,24). The number of hydrogen-bond donors (Lipinski definition) is 1. The fraction of sp³-hybridized carbons (Fsp3) is 0.300. The Morgan fingerprint density at radius 2 is 1.77 bits per heavy atom. The molecule has 5 nitrogen and oxygen atoms in total. The molecule has 1 atom stereocenters. The first-order valence-electron chi connectivity index (χ1n) is 8.34. The highest BCUT2D eigenvalue weighted by molar-refractivity contribution is 8.00. The molecule has 1 N–H and O–H groups in total. The average Bonchev–Trinajstić information content (AvgIpc) is 2.65. The minimum absolute atomic E-state index is 0.144. The number of nitrogens with zero attached hydrogens (tertiary/aromatic N) is 1. The SMILES string of the molecule is CC(Sc1ccccc1C(=O)N(C)CCOCc1ccccc1)C(=O)O. The van der Waals surface area contributed by atoms with Gasteiger partial charge in [0.15, 0.2) is 0 Å². The van der Waals surface area contributed by atoms with Gasteiger partial charge in [0.2, 0.25) is 0 Å². The summed E-state index contributed by atoms with van der Waals surface area (Å²) >= 11 is 1.17. The Labute approximate surface area is 158 Å². The summed E-state index contributed by atoms with van der Waals surface area (Å²) in [5.41, 5.74) is 1.60. The number of aliphatic carboxylic acids is 1. The van der Waals surface area contributed by atoms with Gasteiger partial charge in [0, 0.05) is 18.5 Å². The van der Waals surface area contributed by atoms with Gasteiger partial charge in [-0.1, -0.05) is 42.5 Å². The summed E-state index contributed by atoms with van der Waals surface area (Å²) in [7, 11) is 1.72.